The maximum atomic E-state index is 15.2. The molecule has 0 spiro atoms. The number of fused-ring (bicyclic) bond motifs is 1. The number of carbonyl (C=O) groups is 16. The predicted molar refractivity (Wildman–Crippen MR) is 504 cm³/mol. The van der Waals surface area contributed by atoms with Crippen molar-refractivity contribution in [3.63, 3.8) is 0 Å². The Bertz CT molecular complexity index is 4760. The van der Waals surface area contributed by atoms with E-state index in [9.17, 15) is 63.3 Å². The number of nitrogens with one attached hydrogen (secondary N) is 21. The van der Waals surface area contributed by atoms with E-state index in [1.165, 1.54) is 48.5 Å². The summed E-state index contributed by atoms with van der Waals surface area (Å²) in [6.07, 6.45) is -2.60. The van der Waals surface area contributed by atoms with Crippen LogP contribution in [0, 0.1) is 21.6 Å². The number of carbonyl (C=O) groups excluding carboxylic acids is 15. The molecule has 0 aliphatic carbocycles. The molecule has 13 atom stereocenters. The van der Waals surface area contributed by atoms with Crippen LogP contribution in [-0.2, 0) is 86.4 Å². The first-order valence-electron chi connectivity index (χ1n) is 43.7. The van der Waals surface area contributed by atoms with Crippen molar-refractivity contribution in [3.8, 4) is 11.5 Å². The van der Waals surface area contributed by atoms with Gasteiger partial charge in [-0.3, -0.25) is 88.8 Å². The first kappa shape index (κ1) is 111. The first-order valence-corrected chi connectivity index (χ1v) is 45.0. The van der Waals surface area contributed by atoms with Gasteiger partial charge < -0.3 is 156 Å². The maximum Gasteiger partial charge on any atom is 0.312 e. The van der Waals surface area contributed by atoms with E-state index in [4.69, 9.17) is 67.5 Å². The Balaban J connectivity index is 1.46. The molecule has 49 nitrogen and oxygen atoms in total. The normalized spacial score (nSPS) is 14.7. The van der Waals surface area contributed by atoms with E-state index in [-0.39, 0.29) is 191 Å². The first-order chi connectivity index (χ1) is 64.2. The molecule has 1 fully saturated rings. The Labute approximate surface area is 789 Å². The standard InChI is InChI=1S/C84H128N30O19S2/c85-32-4-3-13-53(103-67(120)55(16-8-36-100-83(95)132)105-72(125)59(40-45-21-26-50(115)27-22-45)109-76(129)63(44-135)112-74(127)61(42-47-20-25-48-11-1-2-12-49(48)39-47)108-71(124)57(113-82(93)94)18-7-35-99-81(91)92)69(122)107-58(30-31-65(117)118)78(131)114-38-10-19-64(114)77(130)110-60(41-46-23-28-51(116)29-24-46)73(126)106-54(15-6-34-98-80(89)90)68(121)104-56(17-9-37-101-84(96)133)70(123)111-62(43-134)75(128)102-52(66(86)119)14-5-33-97-79(87)88/h1-2,11-12,20-29,39,52-64,115-116,134-135H,3-10,13-19,30-38,40-44,85H2,(H2,86,119)(H,102,128)(H,103,120)(H,104,121)(H,105,125)(H,106,126)(H,107,122)(H,108,124)(H,109,129)(H,110,130)(H,111,123)(H,112,127)(H,117,118)(H4,87,88,97)(H4,89,90,98)(H4,91,92,99)(H4,93,94,113)(H3,95,100,132)(H3,96,101,133)/t52-,53-,54-,55-,56-,57-,58+,59-,60-,61-,62-,63-,64-/m0/s1. The molecule has 135 heavy (non-hydrogen) atoms. The molecule has 1 aliphatic rings. The zero-order chi connectivity index (χ0) is 99.8. The van der Waals surface area contributed by atoms with E-state index in [2.05, 4.69) is 116 Å². The Hall–Kier alpha value is -14.4. The summed E-state index contributed by atoms with van der Waals surface area (Å²) in [4.78, 5) is 226. The number of rotatable bonds is 60. The van der Waals surface area contributed by atoms with Gasteiger partial charge in [-0.2, -0.15) is 25.3 Å². The van der Waals surface area contributed by atoms with Crippen LogP contribution < -0.4 is 136 Å². The number of phenolic OH excluding ortho intramolecular Hbond substituents is 2. The van der Waals surface area contributed by atoms with Crippen molar-refractivity contribution < 1.29 is 92.0 Å². The molecule has 1 aliphatic heterocycles. The number of phenols is 2. The van der Waals surface area contributed by atoms with E-state index in [1.54, 1.807) is 18.2 Å². The summed E-state index contributed by atoms with van der Waals surface area (Å²) in [5.74, 6) is -17.1. The molecule has 0 bridgehead atoms. The lowest BCUT2D eigenvalue weighted by Gasteiger charge is -2.31. The summed E-state index contributed by atoms with van der Waals surface area (Å²) in [6, 6.07) is 1.68. The average Bonchev–Trinajstić information content (AvgIpc) is 1.76. The number of aromatic hydroxyl groups is 2. The molecular formula is C84H128N30O19S2. The maximum absolute atomic E-state index is 15.2. The third kappa shape index (κ3) is 41.1. The fraction of sp³-hybridized carbons (Fsp3) is 0.500. The molecule has 51 heteroatoms. The fourth-order valence-electron chi connectivity index (χ4n) is 14.3. The van der Waals surface area contributed by atoms with Crippen molar-refractivity contribution in [2.45, 2.75) is 207 Å². The van der Waals surface area contributed by atoms with Gasteiger partial charge in [0, 0.05) is 76.5 Å². The highest BCUT2D eigenvalue weighted by Crippen LogP contribution is 2.24. The lowest BCUT2D eigenvalue weighted by Crippen LogP contribution is -2.61. The number of benzene rings is 4. The lowest BCUT2D eigenvalue weighted by atomic mass is 10.00. The Morgan fingerprint density at radius 3 is 1.07 bits per heavy atom. The molecule has 0 unspecified atom stereocenters. The second kappa shape index (κ2) is 58.5. The molecule has 17 amide bonds. The molecule has 40 N–H and O–H groups in total. The summed E-state index contributed by atoms with van der Waals surface area (Å²) in [6.45, 7) is -0.169. The number of carboxylic acids is 1. The third-order valence-electron chi connectivity index (χ3n) is 21.3. The second-order valence-corrected chi connectivity index (χ2v) is 32.6. The van der Waals surface area contributed by atoms with E-state index in [1.807, 2.05) is 24.3 Å². The van der Waals surface area contributed by atoms with Gasteiger partial charge in [-0.25, -0.2) is 9.59 Å². The molecule has 0 saturated carbocycles. The minimum atomic E-state index is -1.78. The molecule has 0 radical (unpaired) electrons. The Kier molecular flexibility index (Phi) is 48.1. The smallest absolute Gasteiger partial charge is 0.312 e. The van der Waals surface area contributed by atoms with Crippen molar-refractivity contribution in [1.29, 1.82) is 21.6 Å². The minimum absolute atomic E-state index is 0.00525. The summed E-state index contributed by atoms with van der Waals surface area (Å²) in [5, 5.41) is 107. The van der Waals surface area contributed by atoms with Gasteiger partial charge in [-0.15, -0.1) is 0 Å². The topological polar surface area (TPSA) is 845 Å². The van der Waals surface area contributed by atoms with Crippen molar-refractivity contribution in [2.75, 3.05) is 57.3 Å². The van der Waals surface area contributed by atoms with Crippen molar-refractivity contribution in [1.82, 2.24) is 95.3 Å². The van der Waals surface area contributed by atoms with Crippen molar-refractivity contribution >= 4 is 155 Å². The third-order valence-corrected chi connectivity index (χ3v) is 22.0. The molecule has 5 rings (SSSR count). The number of urea groups is 2. The van der Waals surface area contributed by atoms with Crippen molar-refractivity contribution in [3.05, 3.63) is 108 Å². The largest absolute Gasteiger partial charge is 0.508 e. The Morgan fingerprint density at radius 1 is 0.363 bits per heavy atom. The number of primary amides is 3. The monoisotopic (exact) mass is 1920 g/mol. The summed E-state index contributed by atoms with van der Waals surface area (Å²) in [7, 11) is 0. The fourth-order valence-corrected chi connectivity index (χ4v) is 14.8. The van der Waals surface area contributed by atoms with E-state index in [0.717, 1.165) is 15.7 Å². The van der Waals surface area contributed by atoms with Crippen LogP contribution in [0.4, 0.5) is 9.59 Å². The molecule has 0 aromatic heterocycles. The van der Waals surface area contributed by atoms with Crippen LogP contribution >= 0.6 is 25.3 Å². The van der Waals surface area contributed by atoms with Gasteiger partial charge >= 0.3 is 18.0 Å². The number of nitrogens with two attached hydrogens (primary N) is 8. The molecular weight excluding hydrogens is 1800 g/mol. The van der Waals surface area contributed by atoms with Gasteiger partial charge in [0.2, 0.25) is 76.8 Å². The highest BCUT2D eigenvalue weighted by molar-refractivity contribution is 7.80. The zero-order valence-electron chi connectivity index (χ0n) is 74.5. The predicted octanol–water partition coefficient (Wildman–Crippen LogP) is -6.52. The number of nitrogens with zero attached hydrogens (tertiary/aromatic N) is 1. The summed E-state index contributed by atoms with van der Waals surface area (Å²) < 4.78 is 0. The number of hydrogen-bond acceptors (Lipinski definition) is 25. The van der Waals surface area contributed by atoms with Gasteiger partial charge in [0.1, 0.15) is 90.0 Å². The van der Waals surface area contributed by atoms with E-state index < -0.39 is 204 Å². The second-order valence-electron chi connectivity index (χ2n) is 31.9. The van der Waals surface area contributed by atoms with Gasteiger partial charge in [0.25, 0.3) is 0 Å². The number of thiol groups is 2. The zero-order valence-corrected chi connectivity index (χ0v) is 76.3. The van der Waals surface area contributed by atoms with Gasteiger partial charge in [-0.05, 0) is 161 Å². The number of unbranched alkanes of at least 4 members (excludes halogenated alkanes) is 1. The number of likely N-dealkylation sites (tertiary alicyclic amines) is 1. The average molecular weight is 1930 g/mol. The molecule has 1 heterocycles. The Morgan fingerprint density at radius 2 is 0.689 bits per heavy atom. The summed E-state index contributed by atoms with van der Waals surface area (Å²) in [5.41, 5.74) is 45.4. The molecule has 4 aromatic carbocycles. The molecule has 740 valence electrons. The van der Waals surface area contributed by atoms with Crippen LogP contribution in [0.15, 0.2) is 91.0 Å². The molecule has 4 aromatic rings. The van der Waals surface area contributed by atoms with E-state index in [0.29, 0.717) is 16.7 Å². The number of amides is 17. The van der Waals surface area contributed by atoms with Crippen LogP contribution in [-0.4, -0.2) is 275 Å². The lowest BCUT2D eigenvalue weighted by molar-refractivity contribution is -0.143. The number of carboxylic acid groups (broad SMARTS) is 1. The van der Waals surface area contributed by atoms with Crippen LogP contribution in [0.2, 0.25) is 0 Å². The SMILES string of the molecule is N=C(N)NCCC[C@H](NC(=O)[C@H](CS)NC(=O)[C@H](CCCNC(N)=O)NC(=O)[C@H](CCCNC(=N)N)NC(=O)[C@H](Cc1ccc(O)cc1)NC(=O)[C@@H]1CCCN1C(=O)[C@@H](CCC(=O)O)NC(=O)[C@H](CCCCN)NC(=O)[C@H](CCCNC(N)=O)NC(=O)[C@H](Cc1ccc(O)cc1)NC(=O)[C@H](CS)NC(=O)[C@H](Cc1ccc2ccccc2c1)NC(=O)[C@H](CCCNC(=N)N)NC(=N)N)C(N)=O. The van der Waals surface area contributed by atoms with Crippen LogP contribution in [0.1, 0.15) is 126 Å². The minimum Gasteiger partial charge on any atom is -0.508 e. The number of aliphatic carboxylic acids is 1. The highest BCUT2D eigenvalue weighted by atomic mass is 32.1. The van der Waals surface area contributed by atoms with Crippen LogP contribution in [0.25, 0.3) is 10.8 Å². The van der Waals surface area contributed by atoms with Gasteiger partial charge in [0.05, 0.1) is 0 Å². The molecule has 1 saturated heterocycles. The summed E-state index contributed by atoms with van der Waals surface area (Å²) >= 11 is 8.64. The van der Waals surface area contributed by atoms with Crippen LogP contribution in [0.3, 0.4) is 0 Å². The number of hydrogen-bond donors (Lipinski definition) is 34. The quantitative estimate of drug-likeness (QED) is 0.00846. The highest BCUT2D eigenvalue weighted by Gasteiger charge is 2.42. The number of guanidine groups is 4. The van der Waals surface area contributed by atoms with Crippen molar-refractivity contribution in [2.24, 2.45) is 45.9 Å². The van der Waals surface area contributed by atoms with Gasteiger partial charge in [0.15, 0.2) is 23.8 Å². The van der Waals surface area contributed by atoms with Crippen LogP contribution in [0.5, 0.6) is 11.5 Å². The van der Waals surface area contributed by atoms with E-state index >= 15 is 28.8 Å². The van der Waals surface area contributed by atoms with Gasteiger partial charge in [-0.1, -0.05) is 66.7 Å².